The first kappa shape index (κ1) is 14.5. The van der Waals surface area contributed by atoms with Crippen LogP contribution in [0.25, 0.3) is 0 Å². The first-order valence-electron chi connectivity index (χ1n) is 6.99. The molecular weight excluding hydrogens is 212 g/mol. The summed E-state index contributed by atoms with van der Waals surface area (Å²) >= 11 is 0. The number of aliphatic hydroxyl groups is 1. The average Bonchev–Trinajstić information content (AvgIpc) is 2.26. The van der Waals surface area contributed by atoms with Crippen molar-refractivity contribution >= 4 is 5.84 Å². The van der Waals surface area contributed by atoms with Gasteiger partial charge in [0, 0.05) is 25.6 Å². The Balaban J connectivity index is 2.37. The second-order valence-corrected chi connectivity index (χ2v) is 5.82. The molecule has 100 valence electrons. The van der Waals surface area contributed by atoms with E-state index in [0.717, 1.165) is 44.5 Å². The smallest absolute Gasteiger partial charge is 0.0960 e. The summed E-state index contributed by atoms with van der Waals surface area (Å²) in [7, 11) is 0. The first-order valence-corrected chi connectivity index (χ1v) is 6.99. The van der Waals surface area contributed by atoms with Gasteiger partial charge >= 0.3 is 0 Å². The Morgan fingerprint density at radius 3 is 2.71 bits per heavy atom. The number of nitrogens with zero attached hydrogens (tertiary/aromatic N) is 1. The largest absolute Gasteiger partial charge is 0.396 e. The third kappa shape index (κ3) is 4.66. The van der Waals surface area contributed by atoms with Gasteiger partial charge in [-0.15, -0.1) is 0 Å². The van der Waals surface area contributed by atoms with Crippen LogP contribution in [0, 0.1) is 17.2 Å². The number of hydrogen-bond donors (Lipinski definition) is 2. The minimum Gasteiger partial charge on any atom is -0.396 e. The molecule has 0 radical (unpaired) electrons. The monoisotopic (exact) mass is 240 g/mol. The van der Waals surface area contributed by atoms with Crippen LogP contribution in [0.4, 0.5) is 0 Å². The van der Waals surface area contributed by atoms with Gasteiger partial charge in [-0.3, -0.25) is 5.41 Å². The van der Waals surface area contributed by atoms with Crippen molar-refractivity contribution in [2.45, 2.75) is 58.9 Å². The lowest BCUT2D eigenvalue weighted by Gasteiger charge is -2.39. The van der Waals surface area contributed by atoms with Crippen LogP contribution in [0.1, 0.15) is 52.9 Å². The maximum Gasteiger partial charge on any atom is 0.0960 e. The van der Waals surface area contributed by atoms with E-state index >= 15 is 0 Å². The van der Waals surface area contributed by atoms with Crippen molar-refractivity contribution in [3.05, 3.63) is 0 Å². The number of piperidine rings is 1. The molecule has 1 aliphatic rings. The Bertz CT molecular complexity index is 240. The molecule has 2 N–H and O–H groups in total. The van der Waals surface area contributed by atoms with Gasteiger partial charge in [-0.1, -0.05) is 13.8 Å². The third-order valence-corrected chi connectivity index (χ3v) is 3.83. The van der Waals surface area contributed by atoms with Crippen molar-refractivity contribution in [3.63, 3.8) is 0 Å². The van der Waals surface area contributed by atoms with Crippen LogP contribution in [-0.2, 0) is 0 Å². The molecule has 2 atom stereocenters. The highest BCUT2D eigenvalue weighted by atomic mass is 16.3. The molecule has 0 spiro atoms. The topological polar surface area (TPSA) is 47.3 Å². The first-order chi connectivity index (χ1) is 8.04. The van der Waals surface area contributed by atoms with Gasteiger partial charge in [0.15, 0.2) is 0 Å². The molecular formula is C14H28N2O. The van der Waals surface area contributed by atoms with Crippen LogP contribution < -0.4 is 0 Å². The fraction of sp³-hybridized carbons (Fsp3) is 0.929. The zero-order chi connectivity index (χ0) is 12.8. The second-order valence-electron chi connectivity index (χ2n) is 5.82. The van der Waals surface area contributed by atoms with E-state index in [9.17, 15) is 0 Å². The van der Waals surface area contributed by atoms with E-state index < -0.39 is 0 Å². The predicted molar refractivity (Wildman–Crippen MR) is 72.4 cm³/mol. The number of amidine groups is 1. The second kappa shape index (κ2) is 7.00. The SMILES string of the molecule is CC(C)CCC(=N)N1CCC(CCO)CC1C. The number of likely N-dealkylation sites (tertiary alicyclic amines) is 1. The minimum atomic E-state index is 0.308. The van der Waals surface area contributed by atoms with Gasteiger partial charge in [-0.2, -0.15) is 0 Å². The van der Waals surface area contributed by atoms with Gasteiger partial charge in [0.2, 0.25) is 0 Å². The molecule has 0 aromatic carbocycles. The van der Waals surface area contributed by atoms with E-state index in [1.54, 1.807) is 0 Å². The summed E-state index contributed by atoms with van der Waals surface area (Å²) in [6.07, 6.45) is 5.21. The van der Waals surface area contributed by atoms with Crippen LogP contribution in [0.15, 0.2) is 0 Å². The van der Waals surface area contributed by atoms with Crippen LogP contribution in [-0.4, -0.2) is 35.0 Å². The van der Waals surface area contributed by atoms with Gasteiger partial charge in [0.1, 0.15) is 0 Å². The highest BCUT2D eigenvalue weighted by Gasteiger charge is 2.26. The summed E-state index contributed by atoms with van der Waals surface area (Å²) in [5.41, 5.74) is 0. The van der Waals surface area contributed by atoms with Gasteiger partial charge in [0.25, 0.3) is 0 Å². The van der Waals surface area contributed by atoms with Crippen LogP contribution in [0.5, 0.6) is 0 Å². The molecule has 1 heterocycles. The molecule has 0 aromatic heterocycles. The summed E-state index contributed by atoms with van der Waals surface area (Å²) in [6, 6.07) is 0.472. The van der Waals surface area contributed by atoms with Crippen molar-refractivity contribution in [3.8, 4) is 0 Å². The Labute approximate surface area is 106 Å². The summed E-state index contributed by atoms with van der Waals surface area (Å²) in [4.78, 5) is 2.26. The minimum absolute atomic E-state index is 0.308. The van der Waals surface area contributed by atoms with Crippen molar-refractivity contribution in [2.75, 3.05) is 13.2 Å². The molecule has 2 unspecified atom stereocenters. The molecule has 17 heavy (non-hydrogen) atoms. The summed E-state index contributed by atoms with van der Waals surface area (Å²) < 4.78 is 0. The lowest BCUT2D eigenvalue weighted by molar-refractivity contribution is 0.162. The molecule has 0 bridgehead atoms. The van der Waals surface area contributed by atoms with Gasteiger partial charge in [-0.25, -0.2) is 0 Å². The maximum atomic E-state index is 8.97. The fourth-order valence-electron chi connectivity index (χ4n) is 2.68. The van der Waals surface area contributed by atoms with E-state index in [1.807, 2.05) is 0 Å². The van der Waals surface area contributed by atoms with E-state index in [-0.39, 0.29) is 0 Å². The number of aliphatic hydroxyl groups excluding tert-OH is 1. The fourth-order valence-corrected chi connectivity index (χ4v) is 2.68. The Kier molecular flexibility index (Phi) is 5.96. The average molecular weight is 240 g/mol. The third-order valence-electron chi connectivity index (χ3n) is 3.83. The number of hydrogen-bond acceptors (Lipinski definition) is 2. The normalized spacial score (nSPS) is 25.4. The standard InChI is InChI=1S/C14H28N2O/c1-11(2)4-5-14(15)16-8-6-13(7-9-17)10-12(16)3/h11-13,15,17H,4-10H2,1-3H3. The zero-order valence-corrected chi connectivity index (χ0v) is 11.6. The van der Waals surface area contributed by atoms with Crippen LogP contribution in [0.3, 0.4) is 0 Å². The van der Waals surface area contributed by atoms with Crippen molar-refractivity contribution in [2.24, 2.45) is 11.8 Å². The lowest BCUT2D eigenvalue weighted by Crippen LogP contribution is -2.44. The van der Waals surface area contributed by atoms with Crippen molar-refractivity contribution < 1.29 is 5.11 Å². The molecule has 1 rings (SSSR count). The zero-order valence-electron chi connectivity index (χ0n) is 11.6. The summed E-state index contributed by atoms with van der Waals surface area (Å²) in [5.74, 6) is 2.15. The van der Waals surface area contributed by atoms with Gasteiger partial charge in [-0.05, 0) is 44.4 Å². The van der Waals surface area contributed by atoms with E-state index in [0.29, 0.717) is 24.5 Å². The Morgan fingerprint density at radius 1 is 1.47 bits per heavy atom. The highest BCUT2D eigenvalue weighted by Crippen LogP contribution is 2.26. The van der Waals surface area contributed by atoms with Gasteiger partial charge < -0.3 is 10.0 Å². The number of rotatable bonds is 5. The van der Waals surface area contributed by atoms with E-state index in [4.69, 9.17) is 10.5 Å². The molecule has 1 saturated heterocycles. The number of nitrogens with one attached hydrogen (secondary N) is 1. The van der Waals surface area contributed by atoms with Gasteiger partial charge in [0.05, 0.1) is 5.84 Å². The van der Waals surface area contributed by atoms with Crippen molar-refractivity contribution in [1.82, 2.24) is 4.90 Å². The molecule has 0 amide bonds. The Hall–Kier alpha value is -0.570. The predicted octanol–water partition coefficient (Wildman–Crippen LogP) is 2.88. The lowest BCUT2D eigenvalue weighted by atomic mass is 9.89. The molecule has 0 saturated carbocycles. The Morgan fingerprint density at radius 2 is 2.18 bits per heavy atom. The molecule has 0 aliphatic carbocycles. The van der Waals surface area contributed by atoms with E-state index in [1.165, 1.54) is 0 Å². The molecule has 3 nitrogen and oxygen atoms in total. The summed E-state index contributed by atoms with van der Waals surface area (Å²) in [6.45, 7) is 7.95. The summed E-state index contributed by atoms with van der Waals surface area (Å²) in [5, 5.41) is 17.1. The maximum absolute atomic E-state index is 8.97. The van der Waals surface area contributed by atoms with Crippen LogP contribution in [0.2, 0.25) is 0 Å². The quantitative estimate of drug-likeness (QED) is 0.573. The highest BCUT2D eigenvalue weighted by molar-refractivity contribution is 5.79. The molecule has 1 aliphatic heterocycles. The van der Waals surface area contributed by atoms with E-state index in [2.05, 4.69) is 25.7 Å². The molecule has 3 heteroatoms. The molecule has 0 aromatic rings. The molecule has 1 fully saturated rings. The van der Waals surface area contributed by atoms with Crippen molar-refractivity contribution in [1.29, 1.82) is 5.41 Å². The van der Waals surface area contributed by atoms with Crippen LogP contribution >= 0.6 is 0 Å².